The number of aryl methyl sites for hydroxylation is 2. The van der Waals surface area contributed by atoms with Gasteiger partial charge in [0.05, 0.1) is 0 Å². The van der Waals surface area contributed by atoms with Crippen LogP contribution in [0, 0.1) is 13.8 Å². The molecule has 0 bridgehead atoms. The Morgan fingerprint density at radius 3 is 2.37 bits per heavy atom. The molecule has 1 aromatic heterocycles. The van der Waals surface area contributed by atoms with Crippen molar-refractivity contribution in [2.24, 2.45) is 0 Å². The van der Waals surface area contributed by atoms with Gasteiger partial charge in [-0.1, -0.05) is 97.1 Å². The Bertz CT molecular complexity index is 2660. The van der Waals surface area contributed by atoms with Crippen molar-refractivity contribution in [3.8, 4) is 22.3 Å². The predicted molar refractivity (Wildman–Crippen MR) is 212 cm³/mol. The fourth-order valence-corrected chi connectivity index (χ4v) is 9.66. The first-order valence-corrected chi connectivity index (χ1v) is 18.2. The monoisotopic (exact) mass is 645 g/mol. The van der Waals surface area contributed by atoms with Crippen molar-refractivity contribution in [2.45, 2.75) is 33.1 Å². The maximum absolute atomic E-state index is 2.45. The maximum Gasteiger partial charge on any atom is 0.0496 e. The quantitative estimate of drug-likeness (QED) is 0.184. The van der Waals surface area contributed by atoms with Gasteiger partial charge < -0.3 is 4.90 Å². The minimum Gasteiger partial charge on any atom is -0.310 e. The van der Waals surface area contributed by atoms with Gasteiger partial charge in [-0.2, -0.15) is 0 Å². The molecule has 0 atom stereocenters. The second-order valence-corrected chi connectivity index (χ2v) is 14.8. The summed E-state index contributed by atoms with van der Waals surface area (Å²) >= 11 is 1.92. The van der Waals surface area contributed by atoms with E-state index in [9.17, 15) is 0 Å². The number of allylic oxidation sites excluding steroid dienone is 1. The number of thiophene rings is 1. The van der Waals surface area contributed by atoms with E-state index in [4.69, 9.17) is 0 Å². The van der Waals surface area contributed by atoms with Crippen molar-refractivity contribution in [1.82, 2.24) is 0 Å². The van der Waals surface area contributed by atoms with Gasteiger partial charge in [0.1, 0.15) is 0 Å². The number of benzene rings is 7. The summed E-state index contributed by atoms with van der Waals surface area (Å²) in [6.45, 7) is 4.59. The number of anilines is 3. The number of rotatable bonds is 4. The highest BCUT2D eigenvalue weighted by molar-refractivity contribution is 7.25. The first-order chi connectivity index (χ1) is 24.1. The summed E-state index contributed by atoms with van der Waals surface area (Å²) in [7, 11) is 0. The highest BCUT2D eigenvalue weighted by Gasteiger charge is 2.27. The van der Waals surface area contributed by atoms with Crippen molar-refractivity contribution in [1.29, 1.82) is 0 Å². The molecular formula is C47H35NS. The average molecular weight is 646 g/mol. The molecule has 1 nitrogen and oxygen atoms in total. The molecule has 7 aromatic carbocycles. The lowest BCUT2D eigenvalue weighted by molar-refractivity contribution is 0.989. The molecule has 1 heterocycles. The first kappa shape index (κ1) is 28.6. The summed E-state index contributed by atoms with van der Waals surface area (Å²) in [6.07, 6.45) is 7.84. The molecule has 0 saturated carbocycles. The van der Waals surface area contributed by atoms with E-state index in [0.717, 1.165) is 24.9 Å². The maximum atomic E-state index is 2.45. The number of hydrogen-bond acceptors (Lipinski definition) is 2. The summed E-state index contributed by atoms with van der Waals surface area (Å²) < 4.78 is 2.71. The third kappa shape index (κ3) is 4.44. The molecule has 0 N–H and O–H groups in total. The van der Waals surface area contributed by atoms with E-state index in [-0.39, 0.29) is 0 Å². The SMILES string of the molecule is Cc1ccc2c(c1-c1cccc(N(c3ccccc3)c3ccc4c(c3)sc3cc5c(cc34)C=CCC5)c1C)-c1ccc3ccccc3c1C2. The largest absolute Gasteiger partial charge is 0.310 e. The van der Waals surface area contributed by atoms with Gasteiger partial charge in [0.15, 0.2) is 0 Å². The number of nitrogens with zero attached hydrogens (tertiary/aromatic N) is 1. The molecule has 2 aliphatic rings. The molecule has 0 radical (unpaired) electrons. The van der Waals surface area contributed by atoms with Crippen LogP contribution in [0.5, 0.6) is 0 Å². The summed E-state index contributed by atoms with van der Waals surface area (Å²) in [4.78, 5) is 2.45. The van der Waals surface area contributed by atoms with Crippen LogP contribution in [0.4, 0.5) is 17.1 Å². The van der Waals surface area contributed by atoms with Crippen LogP contribution in [-0.2, 0) is 12.8 Å². The normalized spacial score (nSPS) is 13.2. The second-order valence-electron chi connectivity index (χ2n) is 13.7. The fraction of sp³-hybridized carbons (Fsp3) is 0.106. The van der Waals surface area contributed by atoms with Crippen LogP contribution in [0.25, 0.3) is 59.3 Å². The van der Waals surface area contributed by atoms with Gasteiger partial charge in [0.25, 0.3) is 0 Å². The highest BCUT2D eigenvalue weighted by Crippen LogP contribution is 2.49. The van der Waals surface area contributed by atoms with Crippen LogP contribution in [0.2, 0.25) is 0 Å². The standard InChI is InChI=1S/C47H35NS/c1-29-19-20-34-26-41-38-16-9-8-11-31(38)21-23-40(41)47(34)46(29)37-17-10-18-43(30(37)2)48(35-14-4-3-5-15-35)36-22-24-39-42-25-32-12-6-7-13-33(32)27-44(42)49-45(39)28-36/h3-6,8-12,14-25,27-28H,7,13,26H2,1-2H3. The van der Waals surface area contributed by atoms with Gasteiger partial charge in [-0.05, 0) is 142 Å². The molecule has 2 aliphatic carbocycles. The summed E-state index contributed by atoms with van der Waals surface area (Å²) in [5.74, 6) is 0. The van der Waals surface area contributed by atoms with Crippen LogP contribution >= 0.6 is 11.3 Å². The van der Waals surface area contributed by atoms with Gasteiger partial charge in [-0.25, -0.2) is 0 Å². The zero-order valence-corrected chi connectivity index (χ0v) is 28.6. The lowest BCUT2D eigenvalue weighted by Crippen LogP contribution is -2.11. The molecule has 0 spiro atoms. The molecular weight excluding hydrogens is 611 g/mol. The van der Waals surface area contributed by atoms with Crippen LogP contribution in [0.3, 0.4) is 0 Å². The van der Waals surface area contributed by atoms with Gasteiger partial charge >= 0.3 is 0 Å². The van der Waals surface area contributed by atoms with E-state index < -0.39 is 0 Å². The lowest BCUT2D eigenvalue weighted by Gasteiger charge is -2.28. The van der Waals surface area contributed by atoms with E-state index in [1.165, 1.54) is 98.0 Å². The van der Waals surface area contributed by atoms with Crippen LogP contribution in [-0.4, -0.2) is 0 Å². The number of para-hydroxylation sites is 1. The summed E-state index contributed by atoms with van der Waals surface area (Å²) in [5.41, 5.74) is 17.3. The first-order valence-electron chi connectivity index (χ1n) is 17.4. The van der Waals surface area contributed by atoms with Gasteiger partial charge in [0.2, 0.25) is 0 Å². The van der Waals surface area contributed by atoms with Crippen LogP contribution < -0.4 is 4.90 Å². The van der Waals surface area contributed by atoms with E-state index in [2.05, 4.69) is 158 Å². The minimum atomic E-state index is 0.975. The average Bonchev–Trinajstić information content (AvgIpc) is 3.70. The van der Waals surface area contributed by atoms with Crippen LogP contribution in [0.15, 0.2) is 133 Å². The van der Waals surface area contributed by atoms with Crippen molar-refractivity contribution < 1.29 is 0 Å². The molecule has 49 heavy (non-hydrogen) atoms. The summed E-state index contributed by atoms with van der Waals surface area (Å²) in [6, 6.07) is 47.8. The highest BCUT2D eigenvalue weighted by atomic mass is 32.1. The van der Waals surface area contributed by atoms with E-state index in [0.29, 0.717) is 0 Å². The molecule has 0 aliphatic heterocycles. The molecule has 2 heteroatoms. The van der Waals surface area contributed by atoms with E-state index in [1.807, 2.05) is 11.3 Å². The third-order valence-corrected chi connectivity index (χ3v) is 12.0. The Morgan fingerprint density at radius 2 is 1.45 bits per heavy atom. The fourth-order valence-electron chi connectivity index (χ4n) is 8.47. The number of fused-ring (bicyclic) bond motifs is 9. The van der Waals surface area contributed by atoms with Crippen LogP contribution in [0.1, 0.15) is 39.8 Å². The van der Waals surface area contributed by atoms with Crippen molar-refractivity contribution in [2.75, 3.05) is 4.90 Å². The molecule has 8 aromatic rings. The molecule has 0 fully saturated rings. The van der Waals surface area contributed by atoms with Gasteiger partial charge in [-0.3, -0.25) is 0 Å². The lowest BCUT2D eigenvalue weighted by atomic mass is 9.87. The van der Waals surface area contributed by atoms with E-state index in [1.54, 1.807) is 0 Å². The van der Waals surface area contributed by atoms with Gasteiger partial charge in [0, 0.05) is 37.2 Å². The van der Waals surface area contributed by atoms with Crippen molar-refractivity contribution in [3.63, 3.8) is 0 Å². The Kier molecular flexibility index (Phi) is 6.44. The number of hydrogen-bond donors (Lipinski definition) is 0. The minimum absolute atomic E-state index is 0.975. The molecule has 0 unspecified atom stereocenters. The van der Waals surface area contributed by atoms with E-state index >= 15 is 0 Å². The zero-order valence-electron chi connectivity index (χ0n) is 27.8. The molecule has 0 amide bonds. The molecule has 0 saturated heterocycles. The zero-order chi connectivity index (χ0) is 32.6. The summed E-state index contributed by atoms with van der Waals surface area (Å²) in [5, 5.41) is 5.39. The molecule has 10 rings (SSSR count). The van der Waals surface area contributed by atoms with Crippen molar-refractivity contribution in [3.05, 3.63) is 167 Å². The Morgan fingerprint density at radius 1 is 0.592 bits per heavy atom. The predicted octanol–water partition coefficient (Wildman–Crippen LogP) is 13.5. The third-order valence-electron chi connectivity index (χ3n) is 10.9. The topological polar surface area (TPSA) is 3.24 Å². The second kappa shape index (κ2) is 11.1. The van der Waals surface area contributed by atoms with Gasteiger partial charge in [-0.15, -0.1) is 11.3 Å². The smallest absolute Gasteiger partial charge is 0.0496 e. The Labute approximate surface area is 291 Å². The Balaban J connectivity index is 1.15. The Hall–Kier alpha value is -5.44. The van der Waals surface area contributed by atoms with Crippen molar-refractivity contribution >= 4 is 65.4 Å². The molecule has 234 valence electrons.